The van der Waals surface area contributed by atoms with E-state index in [-0.39, 0.29) is 5.41 Å². The van der Waals surface area contributed by atoms with Gasteiger partial charge in [0, 0.05) is 18.6 Å². The molecule has 0 bridgehead atoms. The smallest absolute Gasteiger partial charge is 0.0499 e. The topological polar surface area (TPSA) is 32.3 Å². The molecule has 0 radical (unpaired) electrons. The summed E-state index contributed by atoms with van der Waals surface area (Å²) in [6.45, 7) is 9.17. The summed E-state index contributed by atoms with van der Waals surface area (Å²) >= 11 is 0. The summed E-state index contributed by atoms with van der Waals surface area (Å²) in [5, 5.41) is 13.1. The number of hydrogen-bond acceptors (Lipinski definition) is 2. The first kappa shape index (κ1) is 15.0. The first-order chi connectivity index (χ1) is 8.15. The van der Waals surface area contributed by atoms with Gasteiger partial charge >= 0.3 is 0 Å². The van der Waals surface area contributed by atoms with Crippen molar-refractivity contribution in [2.75, 3.05) is 19.7 Å². The first-order valence-corrected chi connectivity index (χ1v) is 7.47. The number of aliphatic hydroxyl groups excluding tert-OH is 1. The van der Waals surface area contributed by atoms with Gasteiger partial charge in [0.1, 0.15) is 0 Å². The summed E-state index contributed by atoms with van der Waals surface area (Å²) in [6, 6.07) is 0. The maximum absolute atomic E-state index is 9.51. The Morgan fingerprint density at radius 3 is 2.18 bits per heavy atom. The highest BCUT2D eigenvalue weighted by atomic mass is 16.3. The normalized spacial score (nSPS) is 26.1. The van der Waals surface area contributed by atoms with Gasteiger partial charge in [0.2, 0.25) is 0 Å². The fourth-order valence-electron chi connectivity index (χ4n) is 2.85. The van der Waals surface area contributed by atoms with E-state index in [1.807, 2.05) is 0 Å². The molecule has 0 spiro atoms. The van der Waals surface area contributed by atoms with Gasteiger partial charge in [0.25, 0.3) is 0 Å². The molecule has 1 rings (SSSR count). The van der Waals surface area contributed by atoms with Crippen LogP contribution in [0.5, 0.6) is 0 Å². The van der Waals surface area contributed by atoms with Crippen LogP contribution in [0.3, 0.4) is 0 Å². The van der Waals surface area contributed by atoms with Crippen LogP contribution in [0.15, 0.2) is 0 Å². The molecule has 0 saturated heterocycles. The molecular weight excluding hydrogens is 210 g/mol. The van der Waals surface area contributed by atoms with Crippen LogP contribution in [0.1, 0.15) is 59.3 Å². The van der Waals surface area contributed by atoms with Crippen LogP contribution >= 0.6 is 0 Å². The lowest BCUT2D eigenvalue weighted by molar-refractivity contribution is 0.110. The summed E-state index contributed by atoms with van der Waals surface area (Å²) in [5.41, 5.74) is 0.113. The van der Waals surface area contributed by atoms with Crippen LogP contribution in [0.25, 0.3) is 0 Å². The lowest BCUT2D eigenvalue weighted by atomic mass is 9.81. The van der Waals surface area contributed by atoms with Gasteiger partial charge in [0.05, 0.1) is 0 Å². The van der Waals surface area contributed by atoms with Crippen molar-refractivity contribution in [1.29, 1.82) is 0 Å². The molecule has 2 N–H and O–H groups in total. The fraction of sp³-hybridized carbons (Fsp3) is 1.00. The average Bonchev–Trinajstić information content (AvgIpc) is 2.38. The molecule has 0 aromatic rings. The summed E-state index contributed by atoms with van der Waals surface area (Å²) in [6.07, 6.45) is 7.71. The van der Waals surface area contributed by atoms with Crippen LogP contribution < -0.4 is 5.32 Å². The third-order valence-corrected chi connectivity index (χ3v) is 4.90. The Labute approximate surface area is 107 Å². The third kappa shape index (κ3) is 4.59. The first-order valence-electron chi connectivity index (χ1n) is 7.47. The lowest BCUT2D eigenvalue weighted by Gasteiger charge is -2.32. The Hall–Kier alpha value is -0.0800. The minimum atomic E-state index is 0.113. The predicted octanol–water partition coefficient (Wildman–Crippen LogP) is 3.20. The van der Waals surface area contributed by atoms with Crippen molar-refractivity contribution in [2.24, 2.45) is 17.3 Å². The molecule has 0 atom stereocenters. The molecule has 1 aliphatic rings. The van der Waals surface area contributed by atoms with Gasteiger partial charge in [-0.3, -0.25) is 0 Å². The van der Waals surface area contributed by atoms with Gasteiger partial charge in [-0.15, -0.1) is 0 Å². The van der Waals surface area contributed by atoms with Crippen molar-refractivity contribution in [1.82, 2.24) is 5.32 Å². The van der Waals surface area contributed by atoms with E-state index in [0.717, 1.165) is 37.8 Å². The molecule has 1 fully saturated rings. The number of nitrogens with one attached hydrogen (secondary N) is 1. The minimum absolute atomic E-state index is 0.113. The van der Waals surface area contributed by atoms with E-state index in [1.165, 1.54) is 25.7 Å². The van der Waals surface area contributed by atoms with E-state index in [4.69, 9.17) is 0 Å². The Bertz CT molecular complexity index is 185. The molecule has 0 heterocycles. The predicted molar refractivity (Wildman–Crippen MR) is 74.1 cm³/mol. The molecule has 17 heavy (non-hydrogen) atoms. The number of hydrogen-bond donors (Lipinski definition) is 2. The highest BCUT2D eigenvalue weighted by Gasteiger charge is 2.25. The van der Waals surface area contributed by atoms with Crippen molar-refractivity contribution in [3.63, 3.8) is 0 Å². The second-order valence-electron chi connectivity index (χ2n) is 6.12. The van der Waals surface area contributed by atoms with Gasteiger partial charge in [0.15, 0.2) is 0 Å². The molecule has 0 aromatic heterocycles. The lowest BCUT2D eigenvalue weighted by Crippen LogP contribution is -2.39. The largest absolute Gasteiger partial charge is 0.396 e. The molecule has 0 aromatic carbocycles. The van der Waals surface area contributed by atoms with Crippen molar-refractivity contribution < 1.29 is 5.11 Å². The van der Waals surface area contributed by atoms with E-state index < -0.39 is 0 Å². The van der Waals surface area contributed by atoms with Crippen LogP contribution in [0.2, 0.25) is 0 Å². The van der Waals surface area contributed by atoms with E-state index in [9.17, 15) is 5.11 Å². The maximum Gasteiger partial charge on any atom is 0.0499 e. The molecule has 0 aliphatic heterocycles. The summed E-state index contributed by atoms with van der Waals surface area (Å²) in [4.78, 5) is 0. The van der Waals surface area contributed by atoms with E-state index in [2.05, 4.69) is 26.1 Å². The molecule has 2 heteroatoms. The zero-order chi connectivity index (χ0) is 12.7. The summed E-state index contributed by atoms with van der Waals surface area (Å²) in [5.74, 6) is 1.81. The van der Waals surface area contributed by atoms with Crippen LogP contribution in [-0.4, -0.2) is 24.8 Å². The van der Waals surface area contributed by atoms with Gasteiger partial charge in [-0.25, -0.2) is 0 Å². The highest BCUT2D eigenvalue weighted by molar-refractivity contribution is 4.79. The minimum Gasteiger partial charge on any atom is -0.396 e. The van der Waals surface area contributed by atoms with Gasteiger partial charge in [-0.2, -0.15) is 0 Å². The zero-order valence-electron chi connectivity index (χ0n) is 12.0. The summed E-state index contributed by atoms with van der Waals surface area (Å²) < 4.78 is 0. The third-order valence-electron chi connectivity index (χ3n) is 4.90. The molecule has 1 saturated carbocycles. The van der Waals surface area contributed by atoms with E-state index >= 15 is 0 Å². The van der Waals surface area contributed by atoms with Crippen molar-refractivity contribution in [3.05, 3.63) is 0 Å². The van der Waals surface area contributed by atoms with Gasteiger partial charge in [-0.1, -0.05) is 33.6 Å². The van der Waals surface area contributed by atoms with Gasteiger partial charge in [-0.05, 0) is 44.1 Å². The molecule has 1 aliphatic carbocycles. The van der Waals surface area contributed by atoms with Crippen molar-refractivity contribution in [3.8, 4) is 0 Å². The Morgan fingerprint density at radius 1 is 1.12 bits per heavy atom. The second kappa shape index (κ2) is 7.38. The van der Waals surface area contributed by atoms with E-state index in [1.54, 1.807) is 0 Å². The fourth-order valence-corrected chi connectivity index (χ4v) is 2.85. The monoisotopic (exact) mass is 241 g/mol. The average molecular weight is 241 g/mol. The Kier molecular flexibility index (Phi) is 6.50. The van der Waals surface area contributed by atoms with Crippen LogP contribution in [0.4, 0.5) is 0 Å². The highest BCUT2D eigenvalue weighted by Crippen LogP contribution is 2.28. The standard InChI is InChI=1S/C15H31NO/c1-4-15(5-2,12-17)11-16-10-14-8-6-13(3)7-9-14/h13-14,16-17H,4-12H2,1-3H3. The molecule has 102 valence electrons. The van der Waals surface area contributed by atoms with E-state index in [0.29, 0.717) is 6.61 Å². The molecule has 0 unspecified atom stereocenters. The molecule has 0 amide bonds. The summed E-state index contributed by atoms with van der Waals surface area (Å²) in [7, 11) is 0. The maximum atomic E-state index is 9.51. The number of aliphatic hydroxyl groups is 1. The zero-order valence-corrected chi connectivity index (χ0v) is 12.0. The SMILES string of the molecule is CCC(CC)(CO)CNCC1CCC(C)CC1. The van der Waals surface area contributed by atoms with Crippen LogP contribution in [-0.2, 0) is 0 Å². The van der Waals surface area contributed by atoms with Crippen molar-refractivity contribution >= 4 is 0 Å². The molecule has 2 nitrogen and oxygen atoms in total. The van der Waals surface area contributed by atoms with Gasteiger partial charge < -0.3 is 10.4 Å². The quantitative estimate of drug-likeness (QED) is 0.717. The molecular formula is C15H31NO. The Balaban J connectivity index is 2.22. The second-order valence-corrected chi connectivity index (χ2v) is 6.12. The number of rotatable bonds is 7. The van der Waals surface area contributed by atoms with Crippen LogP contribution in [0, 0.1) is 17.3 Å². The Morgan fingerprint density at radius 2 is 1.71 bits per heavy atom. The van der Waals surface area contributed by atoms with Crippen molar-refractivity contribution in [2.45, 2.75) is 59.3 Å².